The summed E-state index contributed by atoms with van der Waals surface area (Å²) in [6.45, 7) is 3.17. The second-order valence-electron chi connectivity index (χ2n) is 10.7. The van der Waals surface area contributed by atoms with Gasteiger partial charge >= 0.3 is 18.4 Å². The molecule has 1 amide bonds. The lowest BCUT2D eigenvalue weighted by Crippen LogP contribution is -2.52. The van der Waals surface area contributed by atoms with Crippen molar-refractivity contribution in [2.75, 3.05) is 63.5 Å². The molecule has 0 bridgehead atoms. The number of anilines is 1. The van der Waals surface area contributed by atoms with E-state index in [0.29, 0.717) is 37.7 Å². The Balaban J connectivity index is 1.35. The van der Waals surface area contributed by atoms with Gasteiger partial charge in [-0.1, -0.05) is 17.7 Å². The van der Waals surface area contributed by atoms with Crippen molar-refractivity contribution in [3.63, 3.8) is 0 Å². The number of sulfonamides is 1. The summed E-state index contributed by atoms with van der Waals surface area (Å²) in [6.07, 6.45) is -13.7. The van der Waals surface area contributed by atoms with E-state index >= 15 is 0 Å². The van der Waals surface area contributed by atoms with Crippen LogP contribution in [0.15, 0.2) is 18.2 Å². The predicted molar refractivity (Wildman–Crippen MR) is 136 cm³/mol. The molecule has 0 aliphatic carbocycles. The molecule has 3 aliphatic heterocycles. The average Bonchev–Trinajstić information content (AvgIpc) is 3.27. The molecular weight excluding hydrogens is 590 g/mol. The van der Waals surface area contributed by atoms with Crippen molar-refractivity contribution < 1.29 is 44.3 Å². The zero-order valence-corrected chi connectivity index (χ0v) is 23.3. The van der Waals surface area contributed by atoms with Gasteiger partial charge in [0.1, 0.15) is 0 Å². The molecule has 0 radical (unpaired) electrons. The van der Waals surface area contributed by atoms with Crippen LogP contribution in [0.25, 0.3) is 0 Å². The Bertz CT molecular complexity index is 1170. The number of hydrogen-bond acceptors (Lipinski definition) is 6. The van der Waals surface area contributed by atoms with E-state index in [9.17, 15) is 39.6 Å². The van der Waals surface area contributed by atoms with Gasteiger partial charge in [-0.15, -0.1) is 0 Å². The molecule has 4 rings (SSSR count). The van der Waals surface area contributed by atoms with E-state index in [1.54, 1.807) is 6.07 Å². The summed E-state index contributed by atoms with van der Waals surface area (Å²) in [5, 5.41) is 0.541. The summed E-state index contributed by atoms with van der Waals surface area (Å²) in [7, 11) is -3.24. The van der Waals surface area contributed by atoms with Crippen molar-refractivity contribution >= 4 is 33.4 Å². The normalized spacial score (nSPS) is 21.4. The van der Waals surface area contributed by atoms with Crippen molar-refractivity contribution in [1.29, 1.82) is 0 Å². The minimum Gasteiger partial charge on any atom is -0.426 e. The third-order valence-corrected chi connectivity index (χ3v) is 9.41. The highest BCUT2D eigenvalue weighted by atomic mass is 35.5. The highest BCUT2D eigenvalue weighted by Crippen LogP contribution is 2.43. The van der Waals surface area contributed by atoms with Crippen LogP contribution in [0.1, 0.15) is 24.8 Å². The number of ether oxygens (including phenoxy) is 1. The Morgan fingerprint density at radius 3 is 2.08 bits per heavy atom. The molecule has 1 aromatic carbocycles. The van der Waals surface area contributed by atoms with Gasteiger partial charge in [-0.2, -0.15) is 26.3 Å². The van der Waals surface area contributed by atoms with Crippen LogP contribution >= 0.6 is 11.6 Å². The first-order valence-corrected chi connectivity index (χ1v) is 15.0. The molecule has 0 N–H and O–H groups in total. The highest BCUT2D eigenvalue weighted by molar-refractivity contribution is 7.88. The van der Waals surface area contributed by atoms with Gasteiger partial charge in [-0.25, -0.2) is 17.5 Å². The fourth-order valence-electron chi connectivity index (χ4n) is 5.60. The Kier molecular flexibility index (Phi) is 8.80. The molecule has 3 aliphatic rings. The largest absolute Gasteiger partial charge is 0.434 e. The lowest BCUT2D eigenvalue weighted by molar-refractivity contribution is -0.308. The quantitative estimate of drug-likeness (QED) is 0.456. The fraction of sp³-hybridized carbons (Fsp3) is 0.708. The molecular formula is C24H31ClF6N4O4S. The number of piperazine rings is 1. The maximum atomic E-state index is 12.8. The topological polar surface area (TPSA) is 73.4 Å². The molecule has 16 heteroatoms. The zero-order chi connectivity index (χ0) is 29.5. The van der Waals surface area contributed by atoms with Gasteiger partial charge < -0.3 is 14.5 Å². The zero-order valence-electron chi connectivity index (χ0n) is 21.8. The van der Waals surface area contributed by atoms with Crippen molar-refractivity contribution in [2.24, 2.45) is 5.41 Å². The van der Waals surface area contributed by atoms with Crippen molar-refractivity contribution in [3.8, 4) is 0 Å². The average molecular weight is 621 g/mol. The fourth-order valence-corrected chi connectivity index (χ4v) is 6.69. The minimum absolute atomic E-state index is 0.0551. The molecule has 0 atom stereocenters. The van der Waals surface area contributed by atoms with Crippen LogP contribution in [0.5, 0.6) is 0 Å². The molecule has 0 unspecified atom stereocenters. The number of rotatable bonds is 5. The predicted octanol–water partition coefficient (Wildman–Crippen LogP) is 4.34. The van der Waals surface area contributed by atoms with Crippen molar-refractivity contribution in [1.82, 2.24) is 14.1 Å². The molecule has 3 saturated heterocycles. The molecule has 8 nitrogen and oxygen atoms in total. The van der Waals surface area contributed by atoms with E-state index in [4.69, 9.17) is 11.6 Å². The molecule has 3 fully saturated rings. The van der Waals surface area contributed by atoms with E-state index in [0.717, 1.165) is 35.4 Å². The van der Waals surface area contributed by atoms with E-state index in [-0.39, 0.29) is 31.6 Å². The first-order valence-electron chi connectivity index (χ1n) is 12.8. The molecule has 226 valence electrons. The Labute approximate surface area is 233 Å². The summed E-state index contributed by atoms with van der Waals surface area (Å²) >= 11 is 6.30. The lowest BCUT2D eigenvalue weighted by atomic mass is 9.77. The maximum absolute atomic E-state index is 12.8. The number of amides is 1. The number of carbonyl (C=O) groups is 1. The van der Waals surface area contributed by atoms with E-state index < -0.39 is 34.6 Å². The van der Waals surface area contributed by atoms with Crippen molar-refractivity contribution in [3.05, 3.63) is 28.8 Å². The molecule has 1 spiro atoms. The summed E-state index contributed by atoms with van der Waals surface area (Å²) < 4.78 is 106. The number of nitrogens with zero attached hydrogens (tertiary/aromatic N) is 4. The van der Waals surface area contributed by atoms with Crippen LogP contribution < -0.4 is 4.90 Å². The first-order chi connectivity index (χ1) is 18.5. The monoisotopic (exact) mass is 620 g/mol. The first kappa shape index (κ1) is 31.0. The van der Waals surface area contributed by atoms with E-state index in [1.165, 1.54) is 10.6 Å². The third-order valence-electron chi connectivity index (χ3n) is 7.92. The van der Waals surface area contributed by atoms with Crippen LogP contribution in [0.3, 0.4) is 0 Å². The lowest BCUT2D eigenvalue weighted by Gasteiger charge is -2.41. The third kappa shape index (κ3) is 7.26. The van der Waals surface area contributed by atoms with Crippen LogP contribution in [-0.2, 0) is 21.3 Å². The maximum Gasteiger partial charge on any atom is 0.434 e. The number of piperidine rings is 1. The number of hydrogen-bond donors (Lipinski definition) is 0. The van der Waals surface area contributed by atoms with Crippen LogP contribution in [0.2, 0.25) is 5.02 Å². The number of benzene rings is 1. The number of carbonyl (C=O) groups excluding carboxylic acids is 1. The van der Waals surface area contributed by atoms with Crippen LogP contribution in [0.4, 0.5) is 36.8 Å². The molecule has 3 heterocycles. The van der Waals surface area contributed by atoms with Gasteiger partial charge in [0.2, 0.25) is 10.0 Å². The number of alkyl halides is 6. The Morgan fingerprint density at radius 1 is 0.975 bits per heavy atom. The smallest absolute Gasteiger partial charge is 0.426 e. The number of halogens is 7. The second kappa shape index (κ2) is 11.4. The summed E-state index contributed by atoms with van der Waals surface area (Å²) in [4.78, 5) is 17.1. The van der Waals surface area contributed by atoms with E-state index in [2.05, 4.69) is 9.64 Å². The SMILES string of the molecule is CS(=O)(=O)N1CCC2(CCN(c3cc(Cl)ccc3CN3CCN(C(=O)OC(C(F)(F)F)C(F)(F)F)CC3)CC2)C1. The van der Waals surface area contributed by atoms with Crippen molar-refractivity contribution in [2.45, 2.75) is 44.3 Å². The van der Waals surface area contributed by atoms with Crippen LogP contribution in [0, 0.1) is 5.41 Å². The van der Waals surface area contributed by atoms with Gasteiger partial charge in [0.15, 0.2) is 0 Å². The molecule has 0 aromatic heterocycles. The second-order valence-corrected chi connectivity index (χ2v) is 13.1. The highest BCUT2D eigenvalue weighted by Gasteiger charge is 2.60. The Hall–Kier alpha value is -1.97. The van der Waals surface area contributed by atoms with E-state index in [1.807, 2.05) is 17.0 Å². The molecule has 40 heavy (non-hydrogen) atoms. The Morgan fingerprint density at radius 2 is 1.55 bits per heavy atom. The summed E-state index contributed by atoms with van der Waals surface area (Å²) in [6, 6.07) is 5.48. The van der Waals surface area contributed by atoms with Gasteiger partial charge in [-0.3, -0.25) is 4.90 Å². The molecule has 1 aromatic rings. The minimum atomic E-state index is -5.76. The summed E-state index contributed by atoms with van der Waals surface area (Å²) in [5.41, 5.74) is 1.80. The van der Waals surface area contributed by atoms with Gasteiger partial charge in [0.05, 0.1) is 6.26 Å². The summed E-state index contributed by atoms with van der Waals surface area (Å²) in [5.74, 6) is 0. The van der Waals surface area contributed by atoms with Crippen LogP contribution in [-0.4, -0.2) is 106 Å². The van der Waals surface area contributed by atoms with Gasteiger partial charge in [-0.05, 0) is 42.4 Å². The molecule has 0 saturated carbocycles. The van der Waals surface area contributed by atoms with Gasteiger partial charge in [0, 0.05) is 69.6 Å². The van der Waals surface area contributed by atoms with Gasteiger partial charge in [0.25, 0.3) is 6.10 Å². The standard InChI is InChI=1S/C24H31ClF6N4O4S/c1-40(37,38)35-9-6-22(16-35)4-7-33(8-5-22)19-14-18(25)3-2-17(19)15-32-10-12-34(13-11-32)21(36)39-20(23(26,27)28)24(29,30)31/h2-3,14,20H,4-13,15-16H2,1H3.